The lowest BCUT2D eigenvalue weighted by Gasteiger charge is -2.26. The molecule has 3 N–H and O–H groups in total. The van der Waals surface area contributed by atoms with E-state index < -0.39 is 47.5 Å². The van der Waals surface area contributed by atoms with Gasteiger partial charge < -0.3 is 20.5 Å². The van der Waals surface area contributed by atoms with Crippen LogP contribution in [0.15, 0.2) is 128 Å². The smallest absolute Gasteiger partial charge is 0.307 e. The van der Waals surface area contributed by atoms with Gasteiger partial charge in [0.1, 0.15) is 18.4 Å². The molecular formula is C45H44N4O7. The summed E-state index contributed by atoms with van der Waals surface area (Å²) in [5.41, 5.74) is 4.79. The number of carboxylic acid groups (broad SMARTS) is 1. The number of Topliss-reactive ketones (excluding diaryl/α,β-unsaturated/α-hetero) is 2. The molecule has 2 bridgehead atoms. The predicted molar refractivity (Wildman–Crippen MR) is 209 cm³/mol. The van der Waals surface area contributed by atoms with E-state index in [1.807, 2.05) is 72.8 Å². The zero-order valence-corrected chi connectivity index (χ0v) is 30.9. The maximum atomic E-state index is 14.4. The standard InChI is InChI=1S/C45H44N4O7/c50-37-27-35(24-33-19-22-46-23-20-33)43(52)49-41(26-32-9-14-34(15-10-32)39-8-4-5-21-47-39)44(53)48-40(18-13-30-6-2-1-3-7-30)42(51)28-36(45(54)55)25-31-11-16-38(17-12-31)56-29-37/h1-12,14-17,19-23,35-36,40-41H,13,18,24-29H2,(H,48,53)(H,49,52)(H,54,55)/t35-,36-,40+,41-/m1/s1. The predicted octanol–water partition coefficient (Wildman–Crippen LogP) is 5.40. The minimum absolute atomic E-state index is 0.0729. The summed E-state index contributed by atoms with van der Waals surface area (Å²) in [5, 5.41) is 16.0. The number of carboxylic acids is 1. The molecule has 3 aromatic carbocycles. The Kier molecular flexibility index (Phi) is 13.4. The molecule has 2 aliphatic rings. The van der Waals surface area contributed by atoms with Crippen LogP contribution in [0.2, 0.25) is 0 Å². The number of aliphatic carboxylic acids is 1. The molecule has 0 saturated carbocycles. The molecule has 0 spiro atoms. The summed E-state index contributed by atoms with van der Waals surface area (Å²) in [5.74, 6) is -4.50. The van der Waals surface area contributed by atoms with Crippen LogP contribution >= 0.6 is 0 Å². The Morgan fingerprint density at radius 3 is 2.07 bits per heavy atom. The van der Waals surface area contributed by atoms with Gasteiger partial charge in [-0.25, -0.2) is 0 Å². The van der Waals surface area contributed by atoms with Crippen molar-refractivity contribution in [1.82, 2.24) is 20.6 Å². The van der Waals surface area contributed by atoms with E-state index in [0.717, 1.165) is 27.9 Å². The monoisotopic (exact) mass is 752 g/mol. The van der Waals surface area contributed by atoms with Gasteiger partial charge in [-0.2, -0.15) is 0 Å². The molecule has 0 radical (unpaired) electrons. The second-order valence-electron chi connectivity index (χ2n) is 14.1. The van der Waals surface area contributed by atoms with E-state index in [1.54, 1.807) is 55.0 Å². The maximum Gasteiger partial charge on any atom is 0.307 e. The van der Waals surface area contributed by atoms with Crippen molar-refractivity contribution in [3.05, 3.63) is 150 Å². The van der Waals surface area contributed by atoms with E-state index in [-0.39, 0.29) is 50.9 Å². The second kappa shape index (κ2) is 19.2. The van der Waals surface area contributed by atoms with Crippen molar-refractivity contribution in [2.75, 3.05) is 6.61 Å². The summed E-state index contributed by atoms with van der Waals surface area (Å²) >= 11 is 0. The summed E-state index contributed by atoms with van der Waals surface area (Å²) in [7, 11) is 0. The summed E-state index contributed by atoms with van der Waals surface area (Å²) in [6.45, 7) is -0.290. The SMILES string of the molecule is O=C1COc2ccc(cc2)C[C@@H](C(=O)O)CC(=O)[C@H](CCc2ccccc2)NC(=O)[C@@H](Cc2ccc(-c3ccccn3)cc2)NC(=O)[C@H](Cc2ccncc2)C1. The first-order valence-electron chi connectivity index (χ1n) is 18.7. The van der Waals surface area contributed by atoms with Crippen molar-refractivity contribution in [2.45, 2.75) is 57.0 Å². The quantitative estimate of drug-likeness (QED) is 0.179. The van der Waals surface area contributed by atoms with Gasteiger partial charge in [0.15, 0.2) is 11.6 Å². The molecule has 2 aliphatic heterocycles. The number of nitrogens with one attached hydrogen (secondary N) is 2. The van der Waals surface area contributed by atoms with Crippen LogP contribution < -0.4 is 15.4 Å². The highest BCUT2D eigenvalue weighted by Crippen LogP contribution is 2.22. The first kappa shape index (κ1) is 39.2. The van der Waals surface area contributed by atoms with Crippen LogP contribution in [0.4, 0.5) is 0 Å². The van der Waals surface area contributed by atoms with Crippen LogP contribution in [-0.2, 0) is 49.7 Å². The van der Waals surface area contributed by atoms with Gasteiger partial charge in [0, 0.05) is 49.3 Å². The molecule has 4 heterocycles. The highest BCUT2D eigenvalue weighted by molar-refractivity contribution is 5.95. The lowest BCUT2D eigenvalue weighted by Crippen LogP contribution is -2.54. The van der Waals surface area contributed by atoms with Crippen LogP contribution in [0.3, 0.4) is 0 Å². The van der Waals surface area contributed by atoms with Gasteiger partial charge in [0.25, 0.3) is 0 Å². The molecule has 7 rings (SSSR count). The van der Waals surface area contributed by atoms with Gasteiger partial charge in [-0.05, 0) is 84.3 Å². The molecule has 11 heteroatoms. The van der Waals surface area contributed by atoms with Gasteiger partial charge in [-0.1, -0.05) is 72.8 Å². The Morgan fingerprint density at radius 2 is 1.38 bits per heavy atom. The number of pyridine rings is 2. The molecule has 11 nitrogen and oxygen atoms in total. The van der Waals surface area contributed by atoms with Crippen LogP contribution in [0.1, 0.15) is 41.5 Å². The fraction of sp³-hybridized carbons (Fsp3) is 0.267. The van der Waals surface area contributed by atoms with Gasteiger partial charge >= 0.3 is 5.97 Å². The maximum absolute atomic E-state index is 14.4. The topological polar surface area (TPSA) is 165 Å². The van der Waals surface area contributed by atoms with Crippen LogP contribution in [0.25, 0.3) is 11.3 Å². The molecule has 0 saturated heterocycles. The molecule has 0 fully saturated rings. The van der Waals surface area contributed by atoms with Crippen LogP contribution in [0, 0.1) is 11.8 Å². The first-order chi connectivity index (χ1) is 27.2. The third-order valence-corrected chi connectivity index (χ3v) is 9.94. The minimum Gasteiger partial charge on any atom is -0.486 e. The van der Waals surface area contributed by atoms with E-state index in [4.69, 9.17) is 4.74 Å². The van der Waals surface area contributed by atoms with Crippen molar-refractivity contribution in [1.29, 1.82) is 0 Å². The molecule has 5 aromatic rings. The first-order valence-corrected chi connectivity index (χ1v) is 18.7. The van der Waals surface area contributed by atoms with Gasteiger partial charge in [0.05, 0.1) is 17.7 Å². The Bertz CT molecular complexity index is 2090. The number of fused-ring (bicyclic) bond motifs is 16. The largest absolute Gasteiger partial charge is 0.486 e. The molecule has 56 heavy (non-hydrogen) atoms. The van der Waals surface area contributed by atoms with Crippen LogP contribution in [-0.4, -0.2) is 63.1 Å². The summed E-state index contributed by atoms with van der Waals surface area (Å²) in [4.78, 5) is 76.9. The van der Waals surface area contributed by atoms with Crippen molar-refractivity contribution in [3.63, 3.8) is 0 Å². The number of nitrogens with zero attached hydrogens (tertiary/aromatic N) is 2. The summed E-state index contributed by atoms with van der Waals surface area (Å²) in [6.07, 6.45) is 5.46. The molecule has 286 valence electrons. The second-order valence-corrected chi connectivity index (χ2v) is 14.1. The average molecular weight is 753 g/mol. The van der Waals surface area contributed by atoms with Gasteiger partial charge in [-0.3, -0.25) is 33.9 Å². The fourth-order valence-corrected chi connectivity index (χ4v) is 6.82. The van der Waals surface area contributed by atoms with E-state index in [0.29, 0.717) is 17.7 Å². The Balaban J connectivity index is 1.33. The van der Waals surface area contributed by atoms with Crippen molar-refractivity contribution in [3.8, 4) is 17.0 Å². The number of hydrogen-bond acceptors (Lipinski definition) is 8. The van der Waals surface area contributed by atoms with E-state index in [1.165, 1.54) is 0 Å². The normalized spacial score (nSPS) is 19.8. The van der Waals surface area contributed by atoms with Gasteiger partial charge in [0.2, 0.25) is 11.8 Å². The number of benzene rings is 3. The lowest BCUT2D eigenvalue weighted by molar-refractivity contribution is -0.144. The molecule has 4 atom stereocenters. The molecule has 2 amide bonds. The lowest BCUT2D eigenvalue weighted by atomic mass is 9.90. The number of carbonyl (C=O) groups excluding carboxylic acids is 4. The zero-order chi connectivity index (χ0) is 39.3. The highest BCUT2D eigenvalue weighted by atomic mass is 16.5. The van der Waals surface area contributed by atoms with Crippen LogP contribution in [0.5, 0.6) is 5.75 Å². The Labute approximate surface area is 325 Å². The average Bonchev–Trinajstić information content (AvgIpc) is 3.22. The van der Waals surface area contributed by atoms with Gasteiger partial charge in [-0.15, -0.1) is 0 Å². The number of rotatable bonds is 9. The van der Waals surface area contributed by atoms with Crippen molar-refractivity contribution < 1.29 is 33.8 Å². The third-order valence-electron chi connectivity index (χ3n) is 9.94. The highest BCUT2D eigenvalue weighted by Gasteiger charge is 2.32. The number of ether oxygens (including phenoxy) is 1. The summed E-state index contributed by atoms with van der Waals surface area (Å²) < 4.78 is 5.77. The number of aromatic nitrogens is 2. The van der Waals surface area contributed by atoms with E-state index in [9.17, 15) is 29.1 Å². The summed E-state index contributed by atoms with van der Waals surface area (Å²) in [6, 6.07) is 30.7. The number of hydrogen-bond donors (Lipinski definition) is 3. The van der Waals surface area contributed by atoms with E-state index >= 15 is 0 Å². The third kappa shape index (κ3) is 11.3. The molecule has 0 aliphatic carbocycles. The van der Waals surface area contributed by atoms with E-state index in [2.05, 4.69) is 20.6 Å². The van der Waals surface area contributed by atoms with Crippen molar-refractivity contribution in [2.24, 2.45) is 11.8 Å². The number of aryl methyl sites for hydroxylation is 1. The molecule has 0 unspecified atom stereocenters. The Hall–Kier alpha value is -6.49. The number of carbonyl (C=O) groups is 5. The number of amides is 2. The molecule has 2 aromatic heterocycles. The Morgan fingerprint density at radius 1 is 0.679 bits per heavy atom. The zero-order valence-electron chi connectivity index (χ0n) is 30.9. The van der Waals surface area contributed by atoms with Crippen molar-refractivity contribution >= 4 is 29.4 Å². The minimum atomic E-state index is -1.14. The number of ketones is 2. The molecular weight excluding hydrogens is 709 g/mol. The fourth-order valence-electron chi connectivity index (χ4n) is 6.82.